The molecule has 306 valence electrons. The van der Waals surface area contributed by atoms with Crippen LogP contribution in [0, 0.1) is 19.9 Å². The van der Waals surface area contributed by atoms with E-state index in [1.807, 2.05) is 6.07 Å². The third-order valence-corrected chi connectivity index (χ3v) is 13.0. The minimum Gasteiger partial charge on any atom is -0.184 e. The molecule has 0 unspecified atom stereocenters. The first-order chi connectivity index (χ1) is 28.8. The molecule has 60 heavy (non-hydrogen) atoms. The Morgan fingerprint density at radius 2 is 0.917 bits per heavy atom. The Labute approximate surface area is 381 Å². The van der Waals surface area contributed by atoms with E-state index in [-0.39, 0.29) is 0 Å². The molecule has 0 N–H and O–H groups in total. The summed E-state index contributed by atoms with van der Waals surface area (Å²) in [4.78, 5) is 0. The van der Waals surface area contributed by atoms with Gasteiger partial charge in [-0.05, 0) is 59.8 Å². The Kier molecular flexibility index (Phi) is 15.9. The Hall–Kier alpha value is -3.78. The summed E-state index contributed by atoms with van der Waals surface area (Å²) < 4.78 is 0. The van der Waals surface area contributed by atoms with Crippen LogP contribution in [0.15, 0.2) is 140 Å². The van der Waals surface area contributed by atoms with Gasteiger partial charge in [0.25, 0.3) is 0 Å². The molecule has 0 fully saturated rings. The molecule has 0 aromatic heterocycles. The molecule has 0 amide bonds. The number of fused-ring (bicyclic) bond motifs is 5. The SMILES string of the molecule is Cc1ccccc1-c1c(C(C)C)ccc2[cH-]c(C(C)C)cc12.Cc1ccccc1-c1c(C(C)C)ccc2[cH-]c(C(C)C)cc12.[Cl][Zr][Cl].[c-]1cccc2c1[Si]c1ccccc1-2. The van der Waals surface area contributed by atoms with Crippen molar-refractivity contribution in [1.82, 2.24) is 0 Å². The molecule has 0 spiro atoms. The summed E-state index contributed by atoms with van der Waals surface area (Å²) in [5.74, 6) is 2.19. The summed E-state index contributed by atoms with van der Waals surface area (Å²) in [6, 6.07) is 54.4. The fraction of sp³-hybridized carbons (Fsp3) is 0.250. The molecule has 0 aliphatic carbocycles. The quantitative estimate of drug-likeness (QED) is 0.115. The van der Waals surface area contributed by atoms with E-state index in [1.54, 1.807) is 0 Å². The number of hydrogen-bond acceptors (Lipinski definition) is 0. The first kappa shape index (κ1) is 45.7. The summed E-state index contributed by atoms with van der Waals surface area (Å²) in [6.07, 6.45) is 0. The maximum absolute atomic E-state index is 4.93. The van der Waals surface area contributed by atoms with Gasteiger partial charge in [0, 0.05) is 0 Å². The van der Waals surface area contributed by atoms with E-state index in [9.17, 15) is 0 Å². The van der Waals surface area contributed by atoms with Gasteiger partial charge in [-0.25, -0.2) is 0 Å². The molecule has 2 radical (unpaired) electrons. The molecule has 1 heterocycles. The van der Waals surface area contributed by atoms with Gasteiger partial charge in [-0.2, -0.15) is 41.6 Å². The smallest absolute Gasteiger partial charge is 0.0920 e. The van der Waals surface area contributed by atoms with Crippen molar-refractivity contribution in [2.75, 3.05) is 0 Å². The van der Waals surface area contributed by atoms with Crippen molar-refractivity contribution in [3.63, 3.8) is 0 Å². The molecule has 0 saturated carbocycles. The Morgan fingerprint density at radius 3 is 1.35 bits per heavy atom. The predicted molar refractivity (Wildman–Crippen MR) is 263 cm³/mol. The molecule has 0 atom stereocenters. The zero-order valence-corrected chi connectivity index (χ0v) is 41.8. The van der Waals surface area contributed by atoms with E-state index in [1.165, 1.54) is 98.7 Å². The van der Waals surface area contributed by atoms with Crippen LogP contribution < -0.4 is 10.4 Å². The molecule has 0 nitrogen and oxygen atoms in total. The third kappa shape index (κ3) is 10.3. The van der Waals surface area contributed by atoms with Crippen LogP contribution in [0.2, 0.25) is 0 Å². The maximum atomic E-state index is 4.93. The van der Waals surface area contributed by atoms with Crippen molar-refractivity contribution in [3.8, 4) is 33.4 Å². The number of rotatable bonds is 6. The average molecular weight is 920 g/mol. The van der Waals surface area contributed by atoms with E-state index >= 15 is 0 Å². The second kappa shape index (κ2) is 20.9. The molecule has 1 aliphatic heterocycles. The fourth-order valence-electron chi connectivity index (χ4n) is 8.31. The summed E-state index contributed by atoms with van der Waals surface area (Å²) in [5.41, 5.74) is 16.8. The molecular formula is C56H57Cl2SiZr-3. The van der Waals surface area contributed by atoms with Gasteiger partial charge in [0.1, 0.15) is 0 Å². The maximum Gasteiger partial charge on any atom is 0.0920 e. The fourth-order valence-corrected chi connectivity index (χ4v) is 9.62. The first-order valence-corrected chi connectivity index (χ1v) is 28.6. The Bertz CT molecular complexity index is 2490. The minimum absolute atomic E-state index is 0.524. The molecule has 9 rings (SSSR count). The van der Waals surface area contributed by atoms with Crippen LogP contribution in [0.1, 0.15) is 112 Å². The van der Waals surface area contributed by atoms with Crippen molar-refractivity contribution in [2.24, 2.45) is 0 Å². The van der Waals surface area contributed by atoms with Crippen molar-refractivity contribution in [1.29, 1.82) is 0 Å². The first-order valence-electron chi connectivity index (χ1n) is 21.3. The van der Waals surface area contributed by atoms with E-state index in [2.05, 4.69) is 209 Å². The van der Waals surface area contributed by atoms with E-state index < -0.39 is 20.8 Å². The molecule has 8 aromatic carbocycles. The van der Waals surface area contributed by atoms with Crippen LogP contribution in [0.4, 0.5) is 0 Å². The summed E-state index contributed by atoms with van der Waals surface area (Å²) in [5, 5.41) is 8.37. The predicted octanol–water partition coefficient (Wildman–Crippen LogP) is 16.1. The van der Waals surface area contributed by atoms with Crippen LogP contribution in [0.25, 0.3) is 54.9 Å². The number of hydrogen-bond donors (Lipinski definition) is 0. The minimum atomic E-state index is -0.826. The largest absolute Gasteiger partial charge is 0.184 e. The molecular weight excluding hydrogens is 863 g/mol. The van der Waals surface area contributed by atoms with Gasteiger partial charge in [-0.3, -0.25) is 0 Å². The van der Waals surface area contributed by atoms with E-state index in [4.69, 9.17) is 17.0 Å². The second-order valence-electron chi connectivity index (χ2n) is 17.1. The standard InChI is InChI=1S/2C22H25.C12H7Si.2ClH.Zr/c2*1-14(2)18-12-17-10-11-19(15(3)4)22(21(17)13-18)20-9-7-6-8-16(20)5;1-3-7-11-9(5-1)10-6-2-4-8-12(10)13-11;;;/h2*6-15H,1-5H3;1-7H;2*1H;/q3*-1;;;+2/p-2. The molecule has 0 saturated heterocycles. The summed E-state index contributed by atoms with van der Waals surface area (Å²) in [6.45, 7) is 22.6. The Morgan fingerprint density at radius 1 is 0.500 bits per heavy atom. The van der Waals surface area contributed by atoms with Crippen molar-refractivity contribution in [2.45, 2.75) is 92.9 Å². The van der Waals surface area contributed by atoms with Crippen molar-refractivity contribution < 1.29 is 20.8 Å². The molecule has 0 bridgehead atoms. The number of benzene rings is 6. The van der Waals surface area contributed by atoms with Gasteiger partial charge in [0.05, 0.1) is 9.52 Å². The summed E-state index contributed by atoms with van der Waals surface area (Å²) >= 11 is -0.826. The normalized spacial score (nSPS) is 11.5. The van der Waals surface area contributed by atoms with E-state index in [0.29, 0.717) is 23.7 Å². The topological polar surface area (TPSA) is 0 Å². The number of halogens is 2. The molecule has 4 heteroatoms. The van der Waals surface area contributed by atoms with Crippen LogP contribution in [-0.4, -0.2) is 9.52 Å². The van der Waals surface area contributed by atoms with E-state index in [0.717, 1.165) is 9.52 Å². The van der Waals surface area contributed by atoms with Crippen molar-refractivity contribution in [3.05, 3.63) is 179 Å². The van der Waals surface area contributed by atoms with Gasteiger partial charge >= 0.3 is 37.9 Å². The van der Waals surface area contributed by atoms with Crippen LogP contribution in [-0.2, 0) is 20.8 Å². The zero-order valence-electron chi connectivity index (χ0n) is 36.8. The monoisotopic (exact) mass is 917 g/mol. The third-order valence-electron chi connectivity index (χ3n) is 11.6. The average Bonchev–Trinajstić information content (AvgIpc) is 3.97. The Balaban J connectivity index is 0.000000150. The van der Waals surface area contributed by atoms with Gasteiger partial charge in [0.2, 0.25) is 0 Å². The molecule has 8 aromatic rings. The van der Waals surface area contributed by atoms with Crippen LogP contribution >= 0.6 is 17.0 Å². The number of aryl methyl sites for hydroxylation is 2. The van der Waals surface area contributed by atoms with Gasteiger partial charge in [0.15, 0.2) is 0 Å². The van der Waals surface area contributed by atoms with Gasteiger partial charge in [-0.15, -0.1) is 74.6 Å². The molecule has 1 aliphatic rings. The van der Waals surface area contributed by atoms with Crippen LogP contribution in [0.5, 0.6) is 0 Å². The van der Waals surface area contributed by atoms with Gasteiger partial charge in [-0.1, -0.05) is 161 Å². The second-order valence-corrected chi connectivity index (χ2v) is 22.1. The van der Waals surface area contributed by atoms with Crippen LogP contribution in [0.3, 0.4) is 0 Å². The zero-order chi connectivity index (χ0) is 43.1. The summed E-state index contributed by atoms with van der Waals surface area (Å²) in [7, 11) is 10.7. The van der Waals surface area contributed by atoms with Crippen molar-refractivity contribution >= 4 is 58.5 Å². The van der Waals surface area contributed by atoms with Gasteiger partial charge < -0.3 is 0 Å².